The molecule has 4 nitrogen and oxygen atoms in total. The third-order valence-electron chi connectivity index (χ3n) is 1.86. The number of hydrogen-bond donors (Lipinski definition) is 0. The molecule has 0 aliphatic carbocycles. The monoisotopic (exact) mass is 244 g/mol. The number of rotatable bonds is 5. The third kappa shape index (κ3) is 3.51. The number of benzene rings is 1. The highest BCUT2D eigenvalue weighted by atomic mass is 19.2. The molecule has 6 heteroatoms. The molecule has 0 aliphatic heterocycles. The van der Waals surface area contributed by atoms with Crippen LogP contribution >= 0.6 is 0 Å². The topological polar surface area (TPSA) is 52.6 Å². The molecular formula is C11H10F2O4. The number of carbonyl (C=O) groups is 2. The van der Waals surface area contributed by atoms with E-state index in [1.54, 1.807) is 0 Å². The van der Waals surface area contributed by atoms with Crippen molar-refractivity contribution in [3.05, 3.63) is 29.3 Å². The molecule has 0 saturated heterocycles. The summed E-state index contributed by atoms with van der Waals surface area (Å²) in [5, 5.41) is 0. The molecule has 0 radical (unpaired) electrons. The second-order valence-electron chi connectivity index (χ2n) is 3.08. The SMILES string of the molecule is CC(=O)OCCOc1ccc(F)c(F)c1C=O. The van der Waals surface area contributed by atoms with E-state index in [4.69, 9.17) is 4.74 Å². The lowest BCUT2D eigenvalue weighted by Gasteiger charge is -2.09. The predicted octanol–water partition coefficient (Wildman–Crippen LogP) is 1.72. The van der Waals surface area contributed by atoms with Crippen LogP contribution in [0.15, 0.2) is 12.1 Å². The Morgan fingerprint density at radius 1 is 1.35 bits per heavy atom. The van der Waals surface area contributed by atoms with Gasteiger partial charge in [0, 0.05) is 6.92 Å². The molecule has 0 aromatic heterocycles. The molecule has 1 rings (SSSR count). The lowest BCUT2D eigenvalue weighted by atomic mass is 10.2. The molecule has 0 spiro atoms. The molecule has 0 atom stereocenters. The Hall–Kier alpha value is -1.98. The molecular weight excluding hydrogens is 234 g/mol. The van der Waals surface area contributed by atoms with Crippen LogP contribution in [0.3, 0.4) is 0 Å². The van der Waals surface area contributed by atoms with Crippen molar-refractivity contribution in [3.8, 4) is 5.75 Å². The Morgan fingerprint density at radius 3 is 2.65 bits per heavy atom. The van der Waals surface area contributed by atoms with Gasteiger partial charge >= 0.3 is 5.97 Å². The summed E-state index contributed by atoms with van der Waals surface area (Å²) in [4.78, 5) is 21.0. The minimum absolute atomic E-state index is 0.0351. The van der Waals surface area contributed by atoms with Crippen LogP contribution in [0.25, 0.3) is 0 Å². The van der Waals surface area contributed by atoms with Crippen molar-refractivity contribution in [1.29, 1.82) is 0 Å². The summed E-state index contributed by atoms with van der Waals surface area (Å²) in [5.74, 6) is -2.95. The van der Waals surface area contributed by atoms with Gasteiger partial charge in [0.1, 0.15) is 19.0 Å². The van der Waals surface area contributed by atoms with E-state index in [9.17, 15) is 18.4 Å². The normalized spacial score (nSPS) is 9.82. The van der Waals surface area contributed by atoms with Crippen LogP contribution in [-0.2, 0) is 9.53 Å². The summed E-state index contributed by atoms with van der Waals surface area (Å²) in [6, 6.07) is 1.99. The van der Waals surface area contributed by atoms with Crippen molar-refractivity contribution < 1.29 is 27.8 Å². The van der Waals surface area contributed by atoms with Gasteiger partial charge in [0.2, 0.25) is 0 Å². The Labute approximate surface area is 96.1 Å². The number of carbonyl (C=O) groups excluding carboxylic acids is 2. The summed E-state index contributed by atoms with van der Waals surface area (Å²) in [6.07, 6.45) is 0.166. The van der Waals surface area contributed by atoms with Crippen molar-refractivity contribution in [2.24, 2.45) is 0 Å². The van der Waals surface area contributed by atoms with Gasteiger partial charge < -0.3 is 9.47 Å². The molecule has 0 fully saturated rings. The second kappa shape index (κ2) is 5.93. The fourth-order valence-electron chi connectivity index (χ4n) is 1.12. The van der Waals surface area contributed by atoms with Crippen LogP contribution in [0, 0.1) is 11.6 Å². The molecule has 0 bridgehead atoms. The molecule has 0 heterocycles. The van der Waals surface area contributed by atoms with E-state index in [0.29, 0.717) is 0 Å². The Kier molecular flexibility index (Phi) is 4.56. The standard InChI is InChI=1S/C11H10F2O4/c1-7(15)16-4-5-17-10-3-2-9(12)11(13)8(10)6-14/h2-3,6H,4-5H2,1H3. The lowest BCUT2D eigenvalue weighted by molar-refractivity contribution is -0.141. The Morgan fingerprint density at radius 2 is 2.06 bits per heavy atom. The average molecular weight is 244 g/mol. The molecule has 0 unspecified atom stereocenters. The highest BCUT2D eigenvalue weighted by Crippen LogP contribution is 2.21. The van der Waals surface area contributed by atoms with Crippen molar-refractivity contribution in [2.45, 2.75) is 6.92 Å². The van der Waals surface area contributed by atoms with Crippen molar-refractivity contribution in [1.82, 2.24) is 0 Å². The summed E-state index contributed by atoms with van der Waals surface area (Å²) in [6.45, 7) is 1.15. The highest BCUT2D eigenvalue weighted by Gasteiger charge is 2.13. The highest BCUT2D eigenvalue weighted by molar-refractivity contribution is 5.79. The van der Waals surface area contributed by atoms with Crippen molar-refractivity contribution in [3.63, 3.8) is 0 Å². The first-order valence-corrected chi connectivity index (χ1v) is 4.75. The number of esters is 1. The summed E-state index contributed by atoms with van der Waals surface area (Å²) in [5.41, 5.74) is -0.493. The molecule has 0 amide bonds. The minimum Gasteiger partial charge on any atom is -0.489 e. The molecule has 1 aromatic carbocycles. The van der Waals surface area contributed by atoms with E-state index in [0.717, 1.165) is 12.1 Å². The fraction of sp³-hybridized carbons (Fsp3) is 0.273. The summed E-state index contributed by atoms with van der Waals surface area (Å²) in [7, 11) is 0. The molecule has 17 heavy (non-hydrogen) atoms. The second-order valence-corrected chi connectivity index (χ2v) is 3.08. The zero-order valence-corrected chi connectivity index (χ0v) is 9.04. The first-order valence-electron chi connectivity index (χ1n) is 4.75. The Bertz CT molecular complexity index is 432. The van der Waals surface area contributed by atoms with E-state index in [-0.39, 0.29) is 25.2 Å². The van der Waals surface area contributed by atoms with Crippen LogP contribution in [0.5, 0.6) is 5.75 Å². The van der Waals surface area contributed by atoms with Gasteiger partial charge in [0.15, 0.2) is 17.9 Å². The number of halogens is 2. The zero-order chi connectivity index (χ0) is 12.8. The molecule has 0 aliphatic rings. The molecule has 0 N–H and O–H groups in total. The number of hydrogen-bond acceptors (Lipinski definition) is 4. The first-order chi connectivity index (χ1) is 8.06. The van der Waals surface area contributed by atoms with Crippen LogP contribution in [0.1, 0.15) is 17.3 Å². The Balaban J connectivity index is 2.68. The fourth-order valence-corrected chi connectivity index (χ4v) is 1.12. The largest absolute Gasteiger partial charge is 0.489 e. The molecule has 0 saturated carbocycles. The number of aldehydes is 1. The van der Waals surface area contributed by atoms with Crippen LogP contribution in [0.2, 0.25) is 0 Å². The van der Waals surface area contributed by atoms with Gasteiger partial charge in [-0.3, -0.25) is 9.59 Å². The van der Waals surface area contributed by atoms with E-state index in [1.165, 1.54) is 6.92 Å². The maximum Gasteiger partial charge on any atom is 0.302 e. The molecule has 1 aromatic rings. The number of ether oxygens (including phenoxy) is 2. The lowest BCUT2D eigenvalue weighted by Crippen LogP contribution is -2.11. The van der Waals surface area contributed by atoms with Gasteiger partial charge in [-0.15, -0.1) is 0 Å². The zero-order valence-electron chi connectivity index (χ0n) is 9.04. The maximum absolute atomic E-state index is 13.1. The van der Waals surface area contributed by atoms with E-state index >= 15 is 0 Å². The third-order valence-corrected chi connectivity index (χ3v) is 1.86. The van der Waals surface area contributed by atoms with Gasteiger partial charge in [-0.25, -0.2) is 8.78 Å². The van der Waals surface area contributed by atoms with E-state index in [2.05, 4.69) is 4.74 Å². The van der Waals surface area contributed by atoms with Crippen molar-refractivity contribution >= 4 is 12.3 Å². The van der Waals surface area contributed by atoms with Gasteiger partial charge in [-0.05, 0) is 12.1 Å². The molecule has 92 valence electrons. The first kappa shape index (κ1) is 13.1. The maximum atomic E-state index is 13.1. The van der Waals surface area contributed by atoms with Gasteiger partial charge in [-0.2, -0.15) is 0 Å². The summed E-state index contributed by atoms with van der Waals surface area (Å²) < 4.78 is 35.5. The van der Waals surface area contributed by atoms with Crippen molar-refractivity contribution in [2.75, 3.05) is 13.2 Å². The van der Waals surface area contributed by atoms with E-state index in [1.807, 2.05) is 0 Å². The van der Waals surface area contributed by atoms with Crippen LogP contribution in [-0.4, -0.2) is 25.5 Å². The van der Waals surface area contributed by atoms with Gasteiger partial charge in [-0.1, -0.05) is 0 Å². The van der Waals surface area contributed by atoms with Gasteiger partial charge in [0.05, 0.1) is 5.56 Å². The summed E-state index contributed by atoms with van der Waals surface area (Å²) >= 11 is 0. The van der Waals surface area contributed by atoms with E-state index < -0.39 is 23.2 Å². The minimum atomic E-state index is -1.26. The van der Waals surface area contributed by atoms with Crippen LogP contribution < -0.4 is 4.74 Å². The van der Waals surface area contributed by atoms with Crippen LogP contribution in [0.4, 0.5) is 8.78 Å². The quantitative estimate of drug-likeness (QED) is 0.449. The predicted molar refractivity (Wildman–Crippen MR) is 53.9 cm³/mol. The smallest absolute Gasteiger partial charge is 0.302 e. The average Bonchev–Trinajstić information content (AvgIpc) is 2.29. The van der Waals surface area contributed by atoms with Gasteiger partial charge in [0.25, 0.3) is 0 Å².